The Labute approximate surface area is 78.4 Å². The molecule has 4 rings (SSSR count). The first-order valence-electron chi connectivity index (χ1n) is 5.03. The van der Waals surface area contributed by atoms with Gasteiger partial charge in [0.2, 0.25) is 0 Å². The van der Waals surface area contributed by atoms with Gasteiger partial charge in [0.05, 0.1) is 6.61 Å². The fourth-order valence-corrected chi connectivity index (χ4v) is 2.83. The molecule has 0 aliphatic heterocycles. The van der Waals surface area contributed by atoms with Gasteiger partial charge >= 0.3 is 0 Å². The molecule has 3 aliphatic carbocycles. The van der Waals surface area contributed by atoms with Gasteiger partial charge in [-0.3, -0.25) is 0 Å². The van der Waals surface area contributed by atoms with Gasteiger partial charge in [-0.05, 0) is 41.7 Å². The van der Waals surface area contributed by atoms with Crippen LogP contribution < -0.4 is 0 Å². The van der Waals surface area contributed by atoms with E-state index >= 15 is 0 Å². The second kappa shape index (κ2) is 2.36. The maximum Gasteiger partial charge on any atom is 0.0681 e. The minimum atomic E-state index is 0.174. The zero-order valence-corrected chi connectivity index (χ0v) is 7.66. The SMILES string of the molecule is OCc1cccc(C23CC(C2)C3)c1. The lowest BCUT2D eigenvalue weighted by Crippen LogP contribution is -2.55. The largest absolute Gasteiger partial charge is 0.392 e. The van der Waals surface area contributed by atoms with Crippen molar-refractivity contribution in [1.29, 1.82) is 0 Å². The minimum absolute atomic E-state index is 0.174. The van der Waals surface area contributed by atoms with Gasteiger partial charge < -0.3 is 5.11 Å². The van der Waals surface area contributed by atoms with Crippen molar-refractivity contribution in [3.63, 3.8) is 0 Å². The first kappa shape index (κ1) is 7.57. The van der Waals surface area contributed by atoms with Crippen LogP contribution in [-0.2, 0) is 12.0 Å². The van der Waals surface area contributed by atoms with Gasteiger partial charge in [-0.15, -0.1) is 0 Å². The van der Waals surface area contributed by atoms with E-state index in [1.54, 1.807) is 0 Å². The molecule has 0 atom stereocenters. The molecule has 0 radical (unpaired) electrons. The first-order valence-corrected chi connectivity index (χ1v) is 5.03. The Hall–Kier alpha value is -0.820. The summed E-state index contributed by atoms with van der Waals surface area (Å²) in [6.45, 7) is 0.174. The van der Waals surface area contributed by atoms with Crippen molar-refractivity contribution in [3.05, 3.63) is 35.4 Å². The summed E-state index contributed by atoms with van der Waals surface area (Å²) < 4.78 is 0. The highest BCUT2D eigenvalue weighted by molar-refractivity contribution is 5.37. The Bertz CT molecular complexity index is 326. The lowest BCUT2D eigenvalue weighted by atomic mass is 9.42. The molecule has 0 heterocycles. The number of benzene rings is 1. The van der Waals surface area contributed by atoms with E-state index in [0.717, 1.165) is 11.5 Å². The fraction of sp³-hybridized carbons (Fsp3) is 0.500. The highest BCUT2D eigenvalue weighted by Gasteiger charge is 2.57. The van der Waals surface area contributed by atoms with Gasteiger partial charge in [-0.25, -0.2) is 0 Å². The molecule has 1 nitrogen and oxygen atoms in total. The van der Waals surface area contributed by atoms with E-state index in [4.69, 9.17) is 5.11 Å². The maximum atomic E-state index is 9.03. The summed E-state index contributed by atoms with van der Waals surface area (Å²) in [5.74, 6) is 1.03. The Morgan fingerprint density at radius 1 is 1.31 bits per heavy atom. The van der Waals surface area contributed by atoms with Gasteiger partial charge in [-0.1, -0.05) is 24.3 Å². The van der Waals surface area contributed by atoms with Crippen molar-refractivity contribution in [1.82, 2.24) is 0 Å². The topological polar surface area (TPSA) is 20.2 Å². The summed E-state index contributed by atoms with van der Waals surface area (Å²) in [6.07, 6.45) is 4.17. The van der Waals surface area contributed by atoms with E-state index in [9.17, 15) is 0 Å². The first-order chi connectivity index (χ1) is 6.32. The van der Waals surface area contributed by atoms with E-state index in [2.05, 4.69) is 18.2 Å². The molecule has 1 aromatic carbocycles. The molecule has 1 aromatic rings. The molecule has 2 bridgehead atoms. The smallest absolute Gasteiger partial charge is 0.0681 e. The predicted molar refractivity (Wildman–Crippen MR) is 51.4 cm³/mol. The lowest BCUT2D eigenvalue weighted by Gasteiger charge is -2.62. The Balaban J connectivity index is 1.95. The van der Waals surface area contributed by atoms with Crippen LogP contribution in [0.5, 0.6) is 0 Å². The van der Waals surface area contributed by atoms with Crippen LogP contribution in [0.25, 0.3) is 0 Å². The van der Waals surface area contributed by atoms with Crippen molar-refractivity contribution in [2.75, 3.05) is 0 Å². The number of aliphatic hydroxyl groups excluding tert-OH is 1. The Kier molecular flexibility index (Phi) is 1.37. The average Bonchev–Trinajstić information content (AvgIpc) is 1.99. The van der Waals surface area contributed by atoms with Crippen LogP contribution in [0.1, 0.15) is 30.4 Å². The molecule has 68 valence electrons. The van der Waals surface area contributed by atoms with E-state index < -0.39 is 0 Å². The molecule has 0 amide bonds. The third kappa shape index (κ3) is 0.910. The van der Waals surface area contributed by atoms with E-state index in [0.29, 0.717) is 5.41 Å². The zero-order chi connectivity index (χ0) is 8.89. The van der Waals surface area contributed by atoms with Crippen LogP contribution in [0.4, 0.5) is 0 Å². The number of hydrogen-bond donors (Lipinski definition) is 1. The monoisotopic (exact) mass is 174 g/mol. The zero-order valence-electron chi connectivity index (χ0n) is 7.66. The second-order valence-electron chi connectivity index (χ2n) is 4.62. The van der Waals surface area contributed by atoms with Crippen LogP contribution in [0, 0.1) is 5.92 Å². The lowest BCUT2D eigenvalue weighted by molar-refractivity contribution is -0.0274. The average molecular weight is 174 g/mol. The Morgan fingerprint density at radius 3 is 2.62 bits per heavy atom. The second-order valence-corrected chi connectivity index (χ2v) is 4.62. The van der Waals surface area contributed by atoms with Crippen LogP contribution in [0.2, 0.25) is 0 Å². The van der Waals surface area contributed by atoms with Crippen LogP contribution in [0.15, 0.2) is 24.3 Å². The summed E-state index contributed by atoms with van der Waals surface area (Å²) in [5.41, 5.74) is 3.05. The third-order valence-corrected chi connectivity index (χ3v) is 3.76. The van der Waals surface area contributed by atoms with Gasteiger partial charge in [0, 0.05) is 0 Å². The standard InChI is InChI=1S/C12H14O/c13-8-9-2-1-3-11(4-9)12-5-10(6-12)7-12/h1-4,10,13H,5-8H2. The van der Waals surface area contributed by atoms with Gasteiger partial charge in [0.15, 0.2) is 0 Å². The molecule has 3 saturated carbocycles. The van der Waals surface area contributed by atoms with Crippen molar-refractivity contribution < 1.29 is 5.11 Å². The van der Waals surface area contributed by atoms with Crippen molar-refractivity contribution in [2.24, 2.45) is 5.92 Å². The van der Waals surface area contributed by atoms with Crippen LogP contribution in [-0.4, -0.2) is 5.11 Å². The number of rotatable bonds is 2. The molecule has 1 N–H and O–H groups in total. The summed E-state index contributed by atoms with van der Waals surface area (Å²) in [4.78, 5) is 0. The third-order valence-electron chi connectivity index (χ3n) is 3.76. The summed E-state index contributed by atoms with van der Waals surface area (Å²) in [6, 6.07) is 8.46. The molecule has 0 aromatic heterocycles. The van der Waals surface area contributed by atoms with Gasteiger partial charge in [0.1, 0.15) is 0 Å². The van der Waals surface area contributed by atoms with Crippen LogP contribution in [0.3, 0.4) is 0 Å². The van der Waals surface area contributed by atoms with Gasteiger partial charge in [-0.2, -0.15) is 0 Å². The molecular formula is C12H14O. The van der Waals surface area contributed by atoms with E-state index in [1.807, 2.05) is 6.07 Å². The molecular weight excluding hydrogens is 160 g/mol. The summed E-state index contributed by atoms with van der Waals surface area (Å²) in [5, 5.41) is 9.03. The highest BCUT2D eigenvalue weighted by atomic mass is 16.3. The summed E-state index contributed by atoms with van der Waals surface area (Å²) in [7, 11) is 0. The molecule has 0 spiro atoms. The number of aliphatic hydroxyl groups is 1. The quantitative estimate of drug-likeness (QED) is 0.729. The van der Waals surface area contributed by atoms with Crippen molar-refractivity contribution in [3.8, 4) is 0 Å². The number of hydrogen-bond acceptors (Lipinski definition) is 1. The Morgan fingerprint density at radius 2 is 2.08 bits per heavy atom. The van der Waals surface area contributed by atoms with Gasteiger partial charge in [0.25, 0.3) is 0 Å². The minimum Gasteiger partial charge on any atom is -0.392 e. The molecule has 1 heteroatoms. The van der Waals surface area contributed by atoms with Crippen molar-refractivity contribution in [2.45, 2.75) is 31.3 Å². The normalized spacial score (nSPS) is 35.0. The predicted octanol–water partition coefficient (Wildman–Crippen LogP) is 2.23. The van der Waals surface area contributed by atoms with Crippen LogP contribution >= 0.6 is 0 Å². The van der Waals surface area contributed by atoms with E-state index in [1.165, 1.54) is 24.8 Å². The molecule has 3 fully saturated rings. The maximum absolute atomic E-state index is 9.03. The summed E-state index contributed by atoms with van der Waals surface area (Å²) >= 11 is 0. The molecule has 3 aliphatic rings. The van der Waals surface area contributed by atoms with E-state index in [-0.39, 0.29) is 6.61 Å². The fourth-order valence-electron chi connectivity index (χ4n) is 2.83. The van der Waals surface area contributed by atoms with Crippen molar-refractivity contribution >= 4 is 0 Å². The highest BCUT2D eigenvalue weighted by Crippen LogP contribution is 2.65. The molecule has 0 saturated heterocycles. The molecule has 0 unspecified atom stereocenters. The molecule has 13 heavy (non-hydrogen) atoms.